The summed E-state index contributed by atoms with van der Waals surface area (Å²) in [6.07, 6.45) is 1.19. The molecule has 0 saturated carbocycles. The third-order valence-corrected chi connectivity index (χ3v) is 7.30. The normalized spacial score (nSPS) is 14.7. The third kappa shape index (κ3) is 6.95. The topological polar surface area (TPSA) is 94.5 Å². The molecule has 33 heavy (non-hydrogen) atoms. The first-order valence-electron chi connectivity index (χ1n) is 10.3. The van der Waals surface area contributed by atoms with Crippen molar-refractivity contribution in [1.29, 1.82) is 5.26 Å². The standard InChI is InChI=1S/C22H24Cl2N4O3S2/c1-14(2)26-22(32)28-7-5-18(6-8-28)27-33(29,30)21-9-15(13-25)3-4-20(21)31-19-11-16(23)10-17(24)12-19/h3-4,9-12,14,18,27H,5-8H2,1-2H3,(H,26,32). The van der Waals surface area contributed by atoms with E-state index in [2.05, 4.69) is 10.0 Å². The Kier molecular flexibility index (Phi) is 8.43. The first kappa shape index (κ1) is 25.5. The van der Waals surface area contributed by atoms with E-state index in [-0.39, 0.29) is 34.0 Å². The minimum Gasteiger partial charge on any atom is -0.456 e. The van der Waals surface area contributed by atoms with Crippen LogP contribution in [0.25, 0.3) is 0 Å². The van der Waals surface area contributed by atoms with Gasteiger partial charge in [-0.1, -0.05) is 23.2 Å². The summed E-state index contributed by atoms with van der Waals surface area (Å²) >= 11 is 17.5. The van der Waals surface area contributed by atoms with Crippen LogP contribution in [0.4, 0.5) is 0 Å². The van der Waals surface area contributed by atoms with Crippen molar-refractivity contribution in [1.82, 2.24) is 14.9 Å². The minimum atomic E-state index is -3.98. The Bertz CT molecular complexity index is 1150. The summed E-state index contributed by atoms with van der Waals surface area (Å²) in [6, 6.07) is 10.8. The van der Waals surface area contributed by atoms with Gasteiger partial charge in [0.25, 0.3) is 0 Å². The lowest BCUT2D eigenvalue weighted by Gasteiger charge is -2.34. The lowest BCUT2D eigenvalue weighted by Crippen LogP contribution is -2.50. The van der Waals surface area contributed by atoms with Crippen molar-refractivity contribution in [2.45, 2.75) is 43.7 Å². The molecule has 1 aliphatic heterocycles. The largest absolute Gasteiger partial charge is 0.456 e. The number of likely N-dealkylation sites (tertiary alicyclic amines) is 1. The molecular weight excluding hydrogens is 503 g/mol. The Morgan fingerprint density at radius 2 is 1.82 bits per heavy atom. The van der Waals surface area contributed by atoms with Crippen LogP contribution in [-0.2, 0) is 10.0 Å². The SMILES string of the molecule is CC(C)NC(=S)N1CCC(NS(=O)(=O)c2cc(C#N)ccc2Oc2cc(Cl)cc(Cl)c2)CC1. The van der Waals surface area contributed by atoms with Crippen molar-refractivity contribution >= 4 is 50.6 Å². The molecule has 2 aromatic carbocycles. The van der Waals surface area contributed by atoms with Crippen LogP contribution in [0.15, 0.2) is 41.3 Å². The predicted molar refractivity (Wildman–Crippen MR) is 133 cm³/mol. The molecule has 1 fully saturated rings. The van der Waals surface area contributed by atoms with E-state index in [1.165, 1.54) is 30.3 Å². The molecule has 1 aliphatic rings. The first-order chi connectivity index (χ1) is 15.6. The maximum Gasteiger partial charge on any atom is 0.244 e. The molecule has 0 unspecified atom stereocenters. The molecular formula is C22H24Cl2N4O3S2. The van der Waals surface area contributed by atoms with Gasteiger partial charge in [-0.25, -0.2) is 13.1 Å². The number of sulfonamides is 1. The molecule has 2 N–H and O–H groups in total. The van der Waals surface area contributed by atoms with Gasteiger partial charge in [0.2, 0.25) is 10.0 Å². The highest BCUT2D eigenvalue weighted by atomic mass is 35.5. The summed E-state index contributed by atoms with van der Waals surface area (Å²) in [4.78, 5) is 1.91. The van der Waals surface area contributed by atoms with Gasteiger partial charge in [-0.2, -0.15) is 5.26 Å². The summed E-state index contributed by atoms with van der Waals surface area (Å²) in [6.45, 7) is 5.29. The highest BCUT2D eigenvalue weighted by Gasteiger charge is 2.28. The lowest BCUT2D eigenvalue weighted by atomic mass is 10.1. The van der Waals surface area contributed by atoms with Crippen LogP contribution >= 0.6 is 35.4 Å². The molecule has 0 amide bonds. The molecule has 7 nitrogen and oxygen atoms in total. The highest BCUT2D eigenvalue weighted by molar-refractivity contribution is 7.89. The average molecular weight is 527 g/mol. The number of hydrogen-bond acceptors (Lipinski definition) is 5. The summed E-state index contributed by atoms with van der Waals surface area (Å²) in [5, 5.41) is 13.9. The fourth-order valence-electron chi connectivity index (χ4n) is 3.41. The Balaban J connectivity index is 1.78. The molecule has 11 heteroatoms. The monoisotopic (exact) mass is 526 g/mol. The van der Waals surface area contributed by atoms with E-state index in [0.717, 1.165) is 0 Å². The molecule has 2 aromatic rings. The lowest BCUT2D eigenvalue weighted by molar-refractivity contribution is 0.297. The van der Waals surface area contributed by atoms with Crippen LogP contribution in [0, 0.1) is 11.3 Å². The van der Waals surface area contributed by atoms with Gasteiger partial charge >= 0.3 is 0 Å². The maximum absolute atomic E-state index is 13.3. The van der Waals surface area contributed by atoms with Crippen LogP contribution < -0.4 is 14.8 Å². The van der Waals surface area contributed by atoms with Gasteiger partial charge in [0.15, 0.2) is 5.11 Å². The van der Waals surface area contributed by atoms with Gasteiger partial charge in [0.1, 0.15) is 16.4 Å². The van der Waals surface area contributed by atoms with Crippen molar-refractivity contribution in [2.75, 3.05) is 13.1 Å². The summed E-state index contributed by atoms with van der Waals surface area (Å²) in [5.74, 6) is 0.354. The number of halogens is 2. The number of rotatable bonds is 6. The highest BCUT2D eigenvalue weighted by Crippen LogP contribution is 2.33. The van der Waals surface area contributed by atoms with Crippen LogP contribution in [0.5, 0.6) is 11.5 Å². The molecule has 0 atom stereocenters. The molecule has 0 aliphatic carbocycles. The number of hydrogen-bond donors (Lipinski definition) is 2. The van der Waals surface area contributed by atoms with Gasteiger partial charge in [0.05, 0.1) is 11.6 Å². The zero-order chi connectivity index (χ0) is 24.2. The van der Waals surface area contributed by atoms with E-state index in [1.54, 1.807) is 6.07 Å². The van der Waals surface area contributed by atoms with E-state index >= 15 is 0 Å². The van der Waals surface area contributed by atoms with Crippen molar-refractivity contribution < 1.29 is 13.2 Å². The number of benzene rings is 2. The van der Waals surface area contributed by atoms with Gasteiger partial charge < -0.3 is 15.0 Å². The molecule has 0 bridgehead atoms. The Hall–Kier alpha value is -2.09. The van der Waals surface area contributed by atoms with Crippen molar-refractivity contribution in [3.8, 4) is 17.6 Å². The van der Waals surface area contributed by atoms with Gasteiger partial charge in [-0.05, 0) is 75.3 Å². The van der Waals surface area contributed by atoms with Crippen molar-refractivity contribution in [2.24, 2.45) is 0 Å². The molecule has 176 valence electrons. The second-order valence-corrected chi connectivity index (χ2v) is 10.9. The van der Waals surface area contributed by atoms with E-state index in [4.69, 9.17) is 40.2 Å². The summed E-state index contributed by atoms with van der Waals surface area (Å²) in [7, 11) is -3.98. The summed E-state index contributed by atoms with van der Waals surface area (Å²) in [5.41, 5.74) is 0.201. The number of piperidine rings is 1. The van der Waals surface area contributed by atoms with Gasteiger partial charge in [-0.15, -0.1) is 0 Å². The second kappa shape index (κ2) is 10.9. The predicted octanol–water partition coefficient (Wildman–Crippen LogP) is 4.68. The van der Waals surface area contributed by atoms with Gasteiger partial charge in [0, 0.05) is 35.2 Å². The van der Waals surface area contributed by atoms with E-state index < -0.39 is 10.0 Å². The Morgan fingerprint density at radius 3 is 2.39 bits per heavy atom. The smallest absolute Gasteiger partial charge is 0.244 e. The maximum atomic E-state index is 13.3. The van der Waals surface area contributed by atoms with E-state index in [9.17, 15) is 13.7 Å². The molecule has 0 spiro atoms. The zero-order valence-electron chi connectivity index (χ0n) is 18.1. The molecule has 3 rings (SSSR count). The van der Waals surface area contributed by atoms with Gasteiger partial charge in [-0.3, -0.25) is 0 Å². The fraction of sp³-hybridized carbons (Fsp3) is 0.364. The van der Waals surface area contributed by atoms with Crippen LogP contribution in [0.1, 0.15) is 32.3 Å². The van der Waals surface area contributed by atoms with Crippen molar-refractivity contribution in [3.63, 3.8) is 0 Å². The number of thiocarbonyl (C=S) groups is 1. The summed E-state index contributed by atoms with van der Waals surface area (Å²) < 4.78 is 35.1. The minimum absolute atomic E-state index is 0.0691. The number of ether oxygens (including phenoxy) is 1. The molecule has 0 aromatic heterocycles. The Morgan fingerprint density at radius 1 is 1.18 bits per heavy atom. The van der Waals surface area contributed by atoms with Crippen LogP contribution in [0.2, 0.25) is 10.0 Å². The Labute approximate surface area is 209 Å². The molecule has 1 saturated heterocycles. The van der Waals surface area contributed by atoms with Crippen LogP contribution in [0.3, 0.4) is 0 Å². The average Bonchev–Trinajstić information content (AvgIpc) is 2.73. The van der Waals surface area contributed by atoms with E-state index in [1.807, 2.05) is 24.8 Å². The molecule has 1 heterocycles. The number of nitrogens with zero attached hydrogens (tertiary/aromatic N) is 2. The molecule has 0 radical (unpaired) electrons. The quantitative estimate of drug-likeness (QED) is 0.527. The fourth-order valence-corrected chi connectivity index (χ4v) is 5.79. The third-order valence-electron chi connectivity index (χ3n) is 4.94. The van der Waals surface area contributed by atoms with Crippen molar-refractivity contribution in [3.05, 3.63) is 52.0 Å². The van der Waals surface area contributed by atoms with E-state index in [0.29, 0.717) is 41.1 Å². The second-order valence-electron chi connectivity index (χ2n) is 7.97. The zero-order valence-corrected chi connectivity index (χ0v) is 21.3. The first-order valence-corrected chi connectivity index (χ1v) is 13.0. The van der Waals surface area contributed by atoms with Crippen LogP contribution in [-0.4, -0.2) is 43.6 Å². The number of nitrogens with one attached hydrogen (secondary N) is 2. The number of nitriles is 1.